The summed E-state index contributed by atoms with van der Waals surface area (Å²) >= 11 is 0. The maximum Gasteiger partial charge on any atom is 0.420 e. The molecule has 0 radical (unpaired) electrons. The number of hydrogen-bond acceptors (Lipinski definition) is 4. The largest absolute Gasteiger partial charge is 0.480 e. The molecular formula is C14H14N2O5. The Morgan fingerprint density at radius 2 is 2.10 bits per heavy atom. The van der Waals surface area contributed by atoms with Crippen molar-refractivity contribution >= 4 is 23.0 Å². The van der Waals surface area contributed by atoms with Gasteiger partial charge in [0.1, 0.15) is 12.6 Å². The molecule has 7 heteroatoms. The molecule has 0 saturated heterocycles. The van der Waals surface area contributed by atoms with Gasteiger partial charge in [0.15, 0.2) is 5.58 Å². The van der Waals surface area contributed by atoms with Crippen molar-refractivity contribution in [2.24, 2.45) is 5.92 Å². The number of benzene rings is 1. The summed E-state index contributed by atoms with van der Waals surface area (Å²) in [6, 6.07) is 5.88. The highest BCUT2D eigenvalue weighted by Gasteiger charge is 2.37. The minimum atomic E-state index is -1.05. The average Bonchev–Trinajstić information content (AvgIpc) is 3.22. The lowest BCUT2D eigenvalue weighted by Gasteiger charge is -2.13. The molecule has 2 N–H and O–H groups in total. The monoisotopic (exact) mass is 290 g/mol. The highest BCUT2D eigenvalue weighted by Crippen LogP contribution is 2.32. The van der Waals surface area contributed by atoms with Gasteiger partial charge >= 0.3 is 11.7 Å². The van der Waals surface area contributed by atoms with Crippen LogP contribution in [0.25, 0.3) is 11.1 Å². The summed E-state index contributed by atoms with van der Waals surface area (Å²) in [7, 11) is 0. The van der Waals surface area contributed by atoms with Crippen molar-refractivity contribution in [2.75, 3.05) is 0 Å². The third-order valence-electron chi connectivity index (χ3n) is 3.55. The Kier molecular flexibility index (Phi) is 3.25. The first-order valence-corrected chi connectivity index (χ1v) is 6.67. The van der Waals surface area contributed by atoms with Crippen LogP contribution in [-0.4, -0.2) is 27.6 Å². The number of nitrogens with zero attached hydrogens (tertiary/aromatic N) is 1. The Hall–Kier alpha value is -2.57. The Bertz CT molecular complexity index is 756. The van der Waals surface area contributed by atoms with Crippen LogP contribution in [0.5, 0.6) is 0 Å². The number of carboxylic acids is 1. The molecule has 1 aromatic carbocycles. The zero-order valence-corrected chi connectivity index (χ0v) is 11.1. The molecule has 0 spiro atoms. The predicted molar refractivity (Wildman–Crippen MR) is 72.8 cm³/mol. The zero-order chi connectivity index (χ0) is 15.0. The van der Waals surface area contributed by atoms with Gasteiger partial charge < -0.3 is 14.8 Å². The molecule has 1 unspecified atom stereocenters. The van der Waals surface area contributed by atoms with E-state index < -0.39 is 23.7 Å². The maximum absolute atomic E-state index is 12.0. The zero-order valence-electron chi connectivity index (χ0n) is 11.1. The Morgan fingerprint density at radius 3 is 2.76 bits per heavy atom. The molecule has 1 saturated carbocycles. The van der Waals surface area contributed by atoms with E-state index in [1.807, 2.05) is 0 Å². The van der Waals surface area contributed by atoms with E-state index in [1.165, 1.54) is 4.57 Å². The fraction of sp³-hybridized carbons (Fsp3) is 0.357. The second-order valence-corrected chi connectivity index (χ2v) is 5.14. The van der Waals surface area contributed by atoms with Crippen molar-refractivity contribution in [3.8, 4) is 0 Å². The number of carboxylic acid groups (broad SMARTS) is 1. The first-order valence-electron chi connectivity index (χ1n) is 6.67. The Morgan fingerprint density at radius 1 is 1.38 bits per heavy atom. The van der Waals surface area contributed by atoms with Crippen LogP contribution in [0.2, 0.25) is 0 Å². The van der Waals surface area contributed by atoms with E-state index in [-0.39, 0.29) is 12.5 Å². The lowest BCUT2D eigenvalue weighted by molar-refractivity contribution is -0.142. The molecule has 1 aliphatic carbocycles. The molecule has 3 rings (SSSR count). The number of hydrogen-bond donors (Lipinski definition) is 2. The molecule has 110 valence electrons. The van der Waals surface area contributed by atoms with E-state index in [9.17, 15) is 14.4 Å². The maximum atomic E-state index is 12.0. The van der Waals surface area contributed by atoms with E-state index in [2.05, 4.69) is 5.32 Å². The van der Waals surface area contributed by atoms with Crippen molar-refractivity contribution < 1.29 is 19.1 Å². The number of nitrogens with one attached hydrogen (secondary N) is 1. The van der Waals surface area contributed by atoms with E-state index >= 15 is 0 Å². The van der Waals surface area contributed by atoms with Gasteiger partial charge in [-0.2, -0.15) is 0 Å². The predicted octanol–water partition coefficient (Wildman–Crippen LogP) is 0.574. The van der Waals surface area contributed by atoms with Gasteiger partial charge in [0.2, 0.25) is 5.91 Å². The molecule has 1 atom stereocenters. The van der Waals surface area contributed by atoms with Crippen molar-refractivity contribution in [2.45, 2.75) is 25.4 Å². The number of para-hydroxylation sites is 2. The summed E-state index contributed by atoms with van der Waals surface area (Å²) in [5.74, 6) is -2.20. The van der Waals surface area contributed by atoms with E-state index in [4.69, 9.17) is 9.52 Å². The Labute approximate surface area is 119 Å². The standard InChI is InChI=1S/C14H14N2O5/c17-11(15-12(13(18)19)8-5-6-8)7-16-9-3-1-2-4-10(9)21-14(16)20/h1-4,8,12H,5-7H2,(H,15,17)(H,18,19). The molecule has 7 nitrogen and oxygen atoms in total. The molecule has 0 aliphatic heterocycles. The molecule has 1 heterocycles. The topological polar surface area (TPSA) is 102 Å². The van der Waals surface area contributed by atoms with Crippen molar-refractivity contribution in [1.82, 2.24) is 9.88 Å². The van der Waals surface area contributed by atoms with Crippen LogP contribution in [-0.2, 0) is 16.1 Å². The number of rotatable bonds is 5. The van der Waals surface area contributed by atoms with Gasteiger partial charge in [-0.15, -0.1) is 0 Å². The molecule has 1 aromatic heterocycles. The van der Waals surface area contributed by atoms with Gasteiger partial charge in [-0.05, 0) is 30.9 Å². The smallest absolute Gasteiger partial charge is 0.420 e. The first-order chi connectivity index (χ1) is 10.1. The van der Waals surface area contributed by atoms with Crippen LogP contribution in [0.3, 0.4) is 0 Å². The van der Waals surface area contributed by atoms with Crippen LogP contribution >= 0.6 is 0 Å². The quantitative estimate of drug-likeness (QED) is 0.838. The average molecular weight is 290 g/mol. The molecule has 2 aromatic rings. The van der Waals surface area contributed by atoms with E-state index in [1.54, 1.807) is 24.3 Å². The third kappa shape index (κ3) is 2.67. The number of fused-ring (bicyclic) bond motifs is 1. The summed E-state index contributed by atoms with van der Waals surface area (Å²) in [6.45, 7) is -0.258. The van der Waals surface area contributed by atoms with Gasteiger partial charge in [-0.1, -0.05) is 12.1 Å². The highest BCUT2D eigenvalue weighted by atomic mass is 16.4. The van der Waals surface area contributed by atoms with Crippen LogP contribution in [0.1, 0.15) is 12.8 Å². The normalized spacial score (nSPS) is 15.8. The van der Waals surface area contributed by atoms with Crippen molar-refractivity contribution in [3.63, 3.8) is 0 Å². The third-order valence-corrected chi connectivity index (χ3v) is 3.55. The van der Waals surface area contributed by atoms with Gasteiger partial charge in [-0.3, -0.25) is 9.36 Å². The SMILES string of the molecule is O=C(Cn1c(=O)oc2ccccc21)NC(C(=O)O)C1CC1. The van der Waals surface area contributed by atoms with E-state index in [0.717, 1.165) is 12.8 Å². The summed E-state index contributed by atoms with van der Waals surface area (Å²) in [5, 5.41) is 11.6. The molecule has 1 aliphatic rings. The van der Waals surface area contributed by atoms with Crippen LogP contribution in [0.15, 0.2) is 33.5 Å². The van der Waals surface area contributed by atoms with Gasteiger partial charge in [-0.25, -0.2) is 9.59 Å². The number of oxazole rings is 1. The summed E-state index contributed by atoms with van der Waals surface area (Å²) in [6.07, 6.45) is 1.59. The molecule has 1 amide bonds. The lowest BCUT2D eigenvalue weighted by Crippen LogP contribution is -2.44. The number of carbonyl (C=O) groups is 2. The fourth-order valence-corrected chi connectivity index (χ4v) is 2.34. The van der Waals surface area contributed by atoms with Crippen LogP contribution < -0.4 is 11.1 Å². The number of aliphatic carboxylic acids is 1. The van der Waals surface area contributed by atoms with E-state index in [0.29, 0.717) is 11.1 Å². The first kappa shape index (κ1) is 13.4. The number of carbonyl (C=O) groups excluding carboxylic acids is 1. The number of aromatic nitrogens is 1. The van der Waals surface area contributed by atoms with Gasteiger partial charge in [0.05, 0.1) is 5.52 Å². The summed E-state index contributed by atoms with van der Waals surface area (Å²) < 4.78 is 6.21. The summed E-state index contributed by atoms with van der Waals surface area (Å²) in [5.41, 5.74) is 0.906. The molecule has 0 bridgehead atoms. The van der Waals surface area contributed by atoms with Crippen molar-refractivity contribution in [3.05, 3.63) is 34.8 Å². The summed E-state index contributed by atoms with van der Waals surface area (Å²) in [4.78, 5) is 34.8. The fourth-order valence-electron chi connectivity index (χ4n) is 2.34. The minimum absolute atomic E-state index is 0.00994. The number of amides is 1. The molecular weight excluding hydrogens is 276 g/mol. The second kappa shape index (κ2) is 5.08. The molecule has 21 heavy (non-hydrogen) atoms. The second-order valence-electron chi connectivity index (χ2n) is 5.14. The highest BCUT2D eigenvalue weighted by molar-refractivity contribution is 5.85. The molecule has 1 fully saturated rings. The van der Waals surface area contributed by atoms with Crippen LogP contribution in [0, 0.1) is 5.92 Å². The minimum Gasteiger partial charge on any atom is -0.480 e. The van der Waals surface area contributed by atoms with Gasteiger partial charge in [0, 0.05) is 0 Å². The lowest BCUT2D eigenvalue weighted by atomic mass is 10.2. The van der Waals surface area contributed by atoms with Gasteiger partial charge in [0.25, 0.3) is 0 Å². The van der Waals surface area contributed by atoms with Crippen LogP contribution in [0.4, 0.5) is 0 Å². The van der Waals surface area contributed by atoms with Crippen molar-refractivity contribution in [1.29, 1.82) is 0 Å². The Balaban J connectivity index is 1.78.